The van der Waals surface area contributed by atoms with Crippen LogP contribution in [0.25, 0.3) is 0 Å². The van der Waals surface area contributed by atoms with Gasteiger partial charge in [0.15, 0.2) is 11.5 Å². The zero-order chi connectivity index (χ0) is 18.5. The predicted octanol–water partition coefficient (Wildman–Crippen LogP) is 2.17. The monoisotopic (exact) mass is 354 g/mol. The summed E-state index contributed by atoms with van der Waals surface area (Å²) < 4.78 is 10.5. The van der Waals surface area contributed by atoms with E-state index >= 15 is 0 Å². The van der Waals surface area contributed by atoms with Gasteiger partial charge in [0.2, 0.25) is 5.91 Å². The predicted molar refractivity (Wildman–Crippen MR) is 98.6 cm³/mol. The highest BCUT2D eigenvalue weighted by Gasteiger charge is 2.38. The summed E-state index contributed by atoms with van der Waals surface area (Å²) in [6.07, 6.45) is 0.892. The van der Waals surface area contributed by atoms with E-state index in [0.29, 0.717) is 30.2 Å². The minimum Gasteiger partial charge on any atom is -0.493 e. The summed E-state index contributed by atoms with van der Waals surface area (Å²) in [6.45, 7) is 0.585. The first-order valence-corrected chi connectivity index (χ1v) is 8.50. The molecule has 0 aliphatic carbocycles. The molecule has 1 saturated heterocycles. The smallest absolute Gasteiger partial charge is 0.251 e. The van der Waals surface area contributed by atoms with Crippen molar-refractivity contribution in [2.75, 3.05) is 25.7 Å². The summed E-state index contributed by atoms with van der Waals surface area (Å²) in [5, 5.41) is 3.19. The molecule has 0 aromatic heterocycles. The fourth-order valence-electron chi connectivity index (χ4n) is 3.07. The molecule has 1 N–H and O–H groups in total. The lowest BCUT2D eigenvalue weighted by Crippen LogP contribution is -2.39. The highest BCUT2D eigenvalue weighted by atomic mass is 16.5. The van der Waals surface area contributed by atoms with Gasteiger partial charge >= 0.3 is 0 Å². The molecule has 6 heteroatoms. The van der Waals surface area contributed by atoms with Crippen molar-refractivity contribution in [3.63, 3.8) is 0 Å². The van der Waals surface area contributed by atoms with E-state index in [9.17, 15) is 9.59 Å². The van der Waals surface area contributed by atoms with Crippen molar-refractivity contribution in [2.24, 2.45) is 0 Å². The van der Waals surface area contributed by atoms with Crippen LogP contribution in [0, 0.1) is 0 Å². The molecule has 1 unspecified atom stereocenters. The van der Waals surface area contributed by atoms with Gasteiger partial charge in [-0.1, -0.05) is 24.3 Å². The van der Waals surface area contributed by atoms with Crippen molar-refractivity contribution >= 4 is 17.5 Å². The molecule has 1 atom stereocenters. The number of benzene rings is 2. The maximum absolute atomic E-state index is 12.5. The van der Waals surface area contributed by atoms with Crippen molar-refractivity contribution in [1.29, 1.82) is 0 Å². The zero-order valence-electron chi connectivity index (χ0n) is 14.9. The number of imide groups is 1. The molecule has 1 aliphatic heterocycles. The number of amides is 2. The van der Waals surface area contributed by atoms with Gasteiger partial charge in [-0.3, -0.25) is 9.59 Å². The Labute approximate surface area is 152 Å². The van der Waals surface area contributed by atoms with E-state index in [2.05, 4.69) is 5.32 Å². The second kappa shape index (κ2) is 8.01. The van der Waals surface area contributed by atoms with E-state index in [0.717, 1.165) is 5.56 Å². The Morgan fingerprint density at radius 3 is 2.46 bits per heavy atom. The molecule has 0 bridgehead atoms. The molecular formula is C20H22N2O4. The van der Waals surface area contributed by atoms with Crippen LogP contribution in [-0.4, -0.2) is 38.6 Å². The molecule has 0 spiro atoms. The van der Waals surface area contributed by atoms with Gasteiger partial charge in [-0.05, 0) is 42.8 Å². The third-order valence-corrected chi connectivity index (χ3v) is 4.41. The number of rotatable bonds is 7. The molecule has 1 aliphatic rings. The third kappa shape index (κ3) is 3.70. The summed E-state index contributed by atoms with van der Waals surface area (Å²) in [6, 6.07) is 14.3. The molecule has 26 heavy (non-hydrogen) atoms. The van der Waals surface area contributed by atoms with Gasteiger partial charge in [0.1, 0.15) is 0 Å². The molecule has 3 rings (SSSR count). The standard InChI is InChI=1S/C20H22N2O4/c1-25-17-9-8-14(12-18(17)26-2)10-11-21-16-13-19(23)22(20(16)24)15-6-4-3-5-7-15/h3-9,12,16,21H,10-11,13H2,1-2H3. The molecule has 136 valence electrons. The maximum atomic E-state index is 12.5. The maximum Gasteiger partial charge on any atom is 0.251 e. The average Bonchev–Trinajstić information content (AvgIpc) is 2.95. The van der Waals surface area contributed by atoms with Crippen molar-refractivity contribution in [3.8, 4) is 11.5 Å². The zero-order valence-corrected chi connectivity index (χ0v) is 14.9. The molecule has 0 saturated carbocycles. The van der Waals surface area contributed by atoms with Crippen LogP contribution in [0.5, 0.6) is 11.5 Å². The number of carbonyl (C=O) groups is 2. The summed E-state index contributed by atoms with van der Waals surface area (Å²) in [5.74, 6) is 0.977. The Morgan fingerprint density at radius 2 is 1.77 bits per heavy atom. The summed E-state index contributed by atoms with van der Waals surface area (Å²) in [5.41, 5.74) is 1.68. The fraction of sp³-hybridized carbons (Fsp3) is 0.300. The normalized spacial score (nSPS) is 16.8. The number of nitrogens with zero attached hydrogens (tertiary/aromatic N) is 1. The van der Waals surface area contributed by atoms with Gasteiger partial charge in [0.05, 0.1) is 32.4 Å². The van der Waals surface area contributed by atoms with Crippen LogP contribution in [-0.2, 0) is 16.0 Å². The Kier molecular flexibility index (Phi) is 5.53. The van der Waals surface area contributed by atoms with Crippen LogP contribution in [0.15, 0.2) is 48.5 Å². The quantitative estimate of drug-likeness (QED) is 0.772. The number of carbonyl (C=O) groups excluding carboxylic acids is 2. The number of nitrogens with one attached hydrogen (secondary N) is 1. The Morgan fingerprint density at radius 1 is 1.04 bits per heavy atom. The van der Waals surface area contributed by atoms with Gasteiger partial charge in [-0.25, -0.2) is 4.90 Å². The molecule has 2 amide bonds. The first-order chi connectivity index (χ1) is 12.6. The highest BCUT2D eigenvalue weighted by molar-refractivity contribution is 6.22. The van der Waals surface area contributed by atoms with Gasteiger partial charge in [-0.2, -0.15) is 0 Å². The van der Waals surface area contributed by atoms with Gasteiger partial charge in [-0.15, -0.1) is 0 Å². The molecule has 0 radical (unpaired) electrons. The van der Waals surface area contributed by atoms with Crippen molar-refractivity contribution in [3.05, 3.63) is 54.1 Å². The van der Waals surface area contributed by atoms with Crippen LogP contribution in [0.2, 0.25) is 0 Å². The molecule has 6 nitrogen and oxygen atoms in total. The SMILES string of the molecule is COc1ccc(CCNC2CC(=O)N(c3ccccc3)C2=O)cc1OC. The van der Waals surface area contributed by atoms with E-state index < -0.39 is 6.04 Å². The van der Waals surface area contributed by atoms with Crippen molar-refractivity contribution < 1.29 is 19.1 Å². The molecule has 2 aromatic carbocycles. The lowest BCUT2D eigenvalue weighted by Gasteiger charge is -2.15. The largest absolute Gasteiger partial charge is 0.493 e. The fourth-order valence-corrected chi connectivity index (χ4v) is 3.07. The Bertz CT molecular complexity index is 792. The first kappa shape index (κ1) is 17.9. The highest BCUT2D eigenvalue weighted by Crippen LogP contribution is 2.27. The number of anilines is 1. The van der Waals surface area contributed by atoms with E-state index in [1.54, 1.807) is 26.4 Å². The van der Waals surface area contributed by atoms with Crippen LogP contribution in [0.1, 0.15) is 12.0 Å². The molecule has 2 aromatic rings. The summed E-state index contributed by atoms with van der Waals surface area (Å²) in [7, 11) is 3.20. The van der Waals surface area contributed by atoms with Gasteiger partial charge in [0.25, 0.3) is 5.91 Å². The lowest BCUT2D eigenvalue weighted by molar-refractivity contribution is -0.121. The van der Waals surface area contributed by atoms with E-state index in [4.69, 9.17) is 9.47 Å². The van der Waals surface area contributed by atoms with E-state index in [-0.39, 0.29) is 18.2 Å². The minimum atomic E-state index is -0.483. The number of methoxy groups -OCH3 is 2. The number of para-hydroxylation sites is 1. The van der Waals surface area contributed by atoms with Crippen molar-refractivity contribution in [1.82, 2.24) is 5.32 Å². The average molecular weight is 354 g/mol. The summed E-state index contributed by atoms with van der Waals surface area (Å²) in [4.78, 5) is 26.0. The minimum absolute atomic E-state index is 0.176. The molecule has 1 heterocycles. The lowest BCUT2D eigenvalue weighted by atomic mass is 10.1. The van der Waals surface area contributed by atoms with Crippen LogP contribution >= 0.6 is 0 Å². The van der Waals surface area contributed by atoms with Crippen LogP contribution in [0.4, 0.5) is 5.69 Å². The number of hydrogen-bond donors (Lipinski definition) is 1. The first-order valence-electron chi connectivity index (χ1n) is 8.50. The topological polar surface area (TPSA) is 67.9 Å². The second-order valence-corrected chi connectivity index (χ2v) is 6.05. The Balaban J connectivity index is 1.59. The van der Waals surface area contributed by atoms with Crippen molar-refractivity contribution in [2.45, 2.75) is 18.9 Å². The molecule has 1 fully saturated rings. The Hall–Kier alpha value is -2.86. The molecular weight excluding hydrogens is 332 g/mol. The van der Waals surface area contributed by atoms with E-state index in [1.165, 1.54) is 4.90 Å². The van der Waals surface area contributed by atoms with Gasteiger partial charge in [0, 0.05) is 0 Å². The third-order valence-electron chi connectivity index (χ3n) is 4.41. The van der Waals surface area contributed by atoms with Crippen LogP contribution < -0.4 is 19.7 Å². The van der Waals surface area contributed by atoms with E-state index in [1.807, 2.05) is 36.4 Å². The van der Waals surface area contributed by atoms with Gasteiger partial charge < -0.3 is 14.8 Å². The van der Waals surface area contributed by atoms with Crippen LogP contribution in [0.3, 0.4) is 0 Å². The summed E-state index contributed by atoms with van der Waals surface area (Å²) >= 11 is 0. The second-order valence-electron chi connectivity index (χ2n) is 6.05. The number of hydrogen-bond acceptors (Lipinski definition) is 5. The number of ether oxygens (including phenoxy) is 2.